The molecule has 0 bridgehead atoms. The zero-order chi connectivity index (χ0) is 34.9. The maximum Gasteiger partial charge on any atom is 0.320 e. The third-order valence-corrected chi connectivity index (χ3v) is 9.11. The number of nitrogens with one attached hydrogen (secondary N) is 2. The van der Waals surface area contributed by atoms with Gasteiger partial charge in [0.15, 0.2) is 0 Å². The Hall–Kier alpha value is -4.92. The molecule has 4 aromatic rings. The van der Waals surface area contributed by atoms with E-state index in [-0.39, 0.29) is 18.2 Å². The number of carboxylic acid groups (broad SMARTS) is 1. The zero-order valence-electron chi connectivity index (χ0n) is 27.5. The summed E-state index contributed by atoms with van der Waals surface area (Å²) in [4.78, 5) is 35.6. The SMILES string of the molecule is Cc1cc(/C=C/c2nccc(-c3cccc(NC(=O)c4ccc(CNCCO)cn4)c3C)c2C#N)c(Cl)cc1CN1CCCC[C@H]1C(=O)O. The van der Waals surface area contributed by atoms with Gasteiger partial charge in [0.2, 0.25) is 0 Å². The number of rotatable bonds is 12. The number of aromatic nitrogens is 2. The Labute approximate surface area is 291 Å². The average molecular weight is 679 g/mol. The summed E-state index contributed by atoms with van der Waals surface area (Å²) in [5.41, 5.74) is 7.59. The van der Waals surface area contributed by atoms with Crippen LogP contribution in [0.2, 0.25) is 5.02 Å². The number of hydrogen-bond donors (Lipinski definition) is 4. The van der Waals surface area contributed by atoms with Crippen LogP contribution < -0.4 is 10.6 Å². The van der Waals surface area contributed by atoms with E-state index in [1.54, 1.807) is 36.7 Å². The number of nitrogens with zero attached hydrogens (tertiary/aromatic N) is 4. The monoisotopic (exact) mass is 678 g/mol. The van der Waals surface area contributed by atoms with E-state index in [0.717, 1.165) is 52.8 Å². The highest BCUT2D eigenvalue weighted by molar-refractivity contribution is 6.32. The first-order valence-electron chi connectivity index (χ1n) is 16.2. The molecule has 2 aromatic heterocycles. The van der Waals surface area contributed by atoms with Gasteiger partial charge in [-0.05, 0) is 97.0 Å². The van der Waals surface area contributed by atoms with Crippen LogP contribution in [0.5, 0.6) is 0 Å². The topological polar surface area (TPSA) is 151 Å². The molecule has 4 N–H and O–H groups in total. The second-order valence-electron chi connectivity index (χ2n) is 12.1. The molecule has 0 aliphatic carbocycles. The molecule has 1 amide bonds. The fraction of sp³-hybridized carbons (Fsp3) is 0.289. The van der Waals surface area contributed by atoms with Crippen LogP contribution >= 0.6 is 11.6 Å². The zero-order valence-corrected chi connectivity index (χ0v) is 28.3. The highest BCUT2D eigenvalue weighted by atomic mass is 35.5. The van der Waals surface area contributed by atoms with Crippen LogP contribution in [0.3, 0.4) is 0 Å². The number of anilines is 1. The van der Waals surface area contributed by atoms with Gasteiger partial charge in [-0.1, -0.05) is 48.4 Å². The van der Waals surface area contributed by atoms with Gasteiger partial charge in [-0.25, -0.2) is 0 Å². The first-order valence-corrected chi connectivity index (χ1v) is 16.6. The Bertz CT molecular complexity index is 1900. The minimum absolute atomic E-state index is 0.0436. The number of benzene rings is 2. The normalized spacial score (nSPS) is 14.9. The predicted octanol–water partition coefficient (Wildman–Crippen LogP) is 6.23. The number of aryl methyl sites for hydroxylation is 1. The summed E-state index contributed by atoms with van der Waals surface area (Å²) in [7, 11) is 0. The van der Waals surface area contributed by atoms with Crippen molar-refractivity contribution in [2.24, 2.45) is 0 Å². The summed E-state index contributed by atoms with van der Waals surface area (Å²) in [6.45, 7) is 6.18. The first-order chi connectivity index (χ1) is 23.7. The van der Waals surface area contributed by atoms with Crippen molar-refractivity contribution < 1.29 is 19.8 Å². The second-order valence-corrected chi connectivity index (χ2v) is 12.5. The highest BCUT2D eigenvalue weighted by Gasteiger charge is 2.28. The van der Waals surface area contributed by atoms with Crippen molar-refractivity contribution in [1.29, 1.82) is 5.26 Å². The standard InChI is InChI=1S/C38H39ClN6O4/c1-24-18-27(32(39)19-28(24)23-45-16-4-3-8-36(45)38(48)49)10-12-34-31(20-40)30(13-14-42-34)29-6-5-7-33(25(29)2)44-37(47)35-11-9-26(22-43-35)21-41-15-17-46/h5-7,9-14,18-19,22,36,41,46H,3-4,8,15-17,21,23H2,1-2H3,(H,44,47)(H,48,49)/b12-10+/t36-/m0/s1. The Morgan fingerprint density at radius 3 is 2.67 bits per heavy atom. The van der Waals surface area contributed by atoms with E-state index in [0.29, 0.717) is 53.6 Å². The number of pyridine rings is 2. The van der Waals surface area contributed by atoms with E-state index in [2.05, 4.69) is 26.7 Å². The molecular weight excluding hydrogens is 640 g/mol. The van der Waals surface area contributed by atoms with Crippen LogP contribution in [0.1, 0.15) is 68.8 Å². The lowest BCUT2D eigenvalue weighted by molar-refractivity contribution is -0.144. The van der Waals surface area contributed by atoms with Gasteiger partial charge in [0.05, 0.1) is 17.9 Å². The molecular formula is C38H39ClN6O4. The van der Waals surface area contributed by atoms with Crippen LogP contribution in [0.4, 0.5) is 5.69 Å². The van der Waals surface area contributed by atoms with Crippen LogP contribution in [-0.2, 0) is 17.9 Å². The number of likely N-dealkylation sites (tertiary alicyclic amines) is 1. The summed E-state index contributed by atoms with van der Waals surface area (Å²) in [5, 5.41) is 35.4. The fourth-order valence-electron chi connectivity index (χ4n) is 6.06. The second kappa shape index (κ2) is 16.5. The van der Waals surface area contributed by atoms with Gasteiger partial charge < -0.3 is 20.8 Å². The molecule has 49 heavy (non-hydrogen) atoms. The lowest BCUT2D eigenvalue weighted by atomic mass is 9.94. The van der Waals surface area contributed by atoms with E-state index >= 15 is 0 Å². The lowest BCUT2D eigenvalue weighted by Gasteiger charge is -2.33. The highest BCUT2D eigenvalue weighted by Crippen LogP contribution is 2.33. The number of halogens is 1. The number of amides is 1. The number of hydrogen-bond acceptors (Lipinski definition) is 8. The summed E-state index contributed by atoms with van der Waals surface area (Å²) in [6.07, 6.45) is 9.41. The van der Waals surface area contributed by atoms with Crippen LogP contribution in [-0.4, -0.2) is 62.7 Å². The first kappa shape index (κ1) is 35.4. The molecule has 2 aromatic carbocycles. The molecule has 11 heteroatoms. The van der Waals surface area contributed by atoms with Crippen LogP contribution in [0.25, 0.3) is 23.3 Å². The molecule has 0 radical (unpaired) electrons. The number of aliphatic hydroxyl groups is 1. The molecule has 1 aliphatic heterocycles. The quantitative estimate of drug-likeness (QED) is 0.128. The third kappa shape index (κ3) is 8.57. The lowest BCUT2D eigenvalue weighted by Crippen LogP contribution is -2.44. The third-order valence-electron chi connectivity index (χ3n) is 8.79. The molecule has 5 rings (SSSR count). The molecule has 1 fully saturated rings. The maximum absolute atomic E-state index is 13.1. The molecule has 0 spiro atoms. The smallest absolute Gasteiger partial charge is 0.320 e. The van der Waals surface area contributed by atoms with Crippen LogP contribution in [0, 0.1) is 25.2 Å². The minimum Gasteiger partial charge on any atom is -0.480 e. The molecule has 0 saturated carbocycles. The Balaban J connectivity index is 1.35. The van der Waals surface area contributed by atoms with Gasteiger partial charge in [0.1, 0.15) is 17.8 Å². The van der Waals surface area contributed by atoms with Crippen molar-refractivity contribution in [3.05, 3.63) is 111 Å². The largest absolute Gasteiger partial charge is 0.480 e. The number of aliphatic hydroxyl groups excluding tert-OH is 1. The number of aliphatic carboxylic acids is 1. The fourth-order valence-corrected chi connectivity index (χ4v) is 6.31. The predicted molar refractivity (Wildman–Crippen MR) is 191 cm³/mol. The Morgan fingerprint density at radius 2 is 1.94 bits per heavy atom. The van der Waals surface area contributed by atoms with Crippen molar-refractivity contribution in [2.75, 3.05) is 25.0 Å². The van der Waals surface area contributed by atoms with Crippen molar-refractivity contribution in [3.8, 4) is 17.2 Å². The van der Waals surface area contributed by atoms with E-state index in [1.165, 1.54) is 0 Å². The van der Waals surface area contributed by atoms with Gasteiger partial charge in [0, 0.05) is 48.3 Å². The number of carbonyl (C=O) groups excluding carboxylic acids is 1. The number of carboxylic acids is 1. The molecule has 0 unspecified atom stereocenters. The number of piperidine rings is 1. The van der Waals surface area contributed by atoms with E-state index in [4.69, 9.17) is 16.7 Å². The van der Waals surface area contributed by atoms with Crippen molar-refractivity contribution >= 4 is 41.3 Å². The summed E-state index contributed by atoms with van der Waals surface area (Å²) < 4.78 is 0. The molecule has 1 saturated heterocycles. The van der Waals surface area contributed by atoms with Crippen molar-refractivity contribution in [2.45, 2.75) is 52.2 Å². The minimum atomic E-state index is -0.791. The van der Waals surface area contributed by atoms with Gasteiger partial charge in [-0.3, -0.25) is 24.5 Å². The maximum atomic E-state index is 13.1. The van der Waals surface area contributed by atoms with Crippen molar-refractivity contribution in [3.63, 3.8) is 0 Å². The Morgan fingerprint density at radius 1 is 1.10 bits per heavy atom. The van der Waals surface area contributed by atoms with Gasteiger partial charge in [-0.15, -0.1) is 0 Å². The molecule has 1 aliphatic rings. The van der Waals surface area contributed by atoms with Gasteiger partial charge >= 0.3 is 5.97 Å². The summed E-state index contributed by atoms with van der Waals surface area (Å²) in [6, 6.07) is 16.5. The van der Waals surface area contributed by atoms with E-state index < -0.39 is 12.0 Å². The molecule has 3 heterocycles. The molecule has 10 nitrogen and oxygen atoms in total. The Kier molecular flexibility index (Phi) is 11.9. The summed E-state index contributed by atoms with van der Waals surface area (Å²) in [5.74, 6) is -1.15. The molecule has 1 atom stereocenters. The van der Waals surface area contributed by atoms with Crippen LogP contribution in [0.15, 0.2) is 60.9 Å². The van der Waals surface area contributed by atoms with E-state index in [9.17, 15) is 20.0 Å². The average Bonchev–Trinajstić information content (AvgIpc) is 3.10. The molecule has 252 valence electrons. The van der Waals surface area contributed by atoms with Gasteiger partial charge in [0.25, 0.3) is 5.91 Å². The number of carbonyl (C=O) groups is 2. The summed E-state index contributed by atoms with van der Waals surface area (Å²) >= 11 is 6.72. The van der Waals surface area contributed by atoms with Crippen molar-refractivity contribution in [1.82, 2.24) is 20.2 Å². The van der Waals surface area contributed by atoms with E-state index in [1.807, 2.05) is 55.2 Å². The number of nitriles is 1. The van der Waals surface area contributed by atoms with Gasteiger partial charge in [-0.2, -0.15) is 5.26 Å².